The minimum Gasteiger partial charge on any atom is -0.388 e. The first-order valence-corrected chi connectivity index (χ1v) is 5.74. The van der Waals surface area contributed by atoms with Crippen LogP contribution in [0, 0.1) is 17.8 Å². The van der Waals surface area contributed by atoms with Crippen molar-refractivity contribution in [3.63, 3.8) is 0 Å². The van der Waals surface area contributed by atoms with Crippen LogP contribution in [0.4, 0.5) is 0 Å². The molecule has 1 heterocycles. The topological polar surface area (TPSA) is 12.0 Å². The molecule has 82 valence electrons. The summed E-state index contributed by atoms with van der Waals surface area (Å²) in [6.45, 7) is 1.18. The zero-order chi connectivity index (χ0) is 9.38. The summed E-state index contributed by atoms with van der Waals surface area (Å²) in [7, 11) is 0. The molecule has 1 saturated heterocycles. The quantitative estimate of drug-likeness (QED) is 0.711. The Bertz CT molecular complexity index is 316. The molecule has 2 aliphatic carbocycles. The molecular formula is C13H18BrN. The number of allylic oxidation sites excluding steroid dienone is 6. The van der Waals surface area contributed by atoms with Crippen LogP contribution in [0.1, 0.15) is 19.3 Å². The fourth-order valence-electron chi connectivity index (χ4n) is 3.07. The van der Waals surface area contributed by atoms with Crippen LogP contribution in [0.3, 0.4) is 0 Å². The lowest BCUT2D eigenvalue weighted by atomic mass is 9.69. The average molecular weight is 268 g/mol. The van der Waals surface area contributed by atoms with Gasteiger partial charge in [-0.05, 0) is 31.1 Å². The van der Waals surface area contributed by atoms with Crippen molar-refractivity contribution in [1.82, 2.24) is 5.32 Å². The fourth-order valence-corrected chi connectivity index (χ4v) is 3.07. The van der Waals surface area contributed by atoms with Gasteiger partial charge in [-0.1, -0.05) is 30.4 Å². The van der Waals surface area contributed by atoms with Crippen molar-refractivity contribution >= 4 is 17.0 Å². The van der Waals surface area contributed by atoms with Crippen LogP contribution in [-0.2, 0) is 0 Å². The lowest BCUT2D eigenvalue weighted by Gasteiger charge is -2.39. The molecule has 0 aromatic rings. The Labute approximate surface area is 102 Å². The predicted molar refractivity (Wildman–Crippen MR) is 69.0 cm³/mol. The third kappa shape index (κ3) is 1.92. The van der Waals surface area contributed by atoms with E-state index in [1.165, 1.54) is 31.5 Å². The number of hydrogen-bond donors (Lipinski definition) is 1. The minimum atomic E-state index is 0. The highest BCUT2D eigenvalue weighted by atomic mass is 79.9. The van der Waals surface area contributed by atoms with Crippen LogP contribution in [0.5, 0.6) is 0 Å². The van der Waals surface area contributed by atoms with E-state index in [0.717, 1.165) is 17.8 Å². The third-order valence-electron chi connectivity index (χ3n) is 3.79. The van der Waals surface area contributed by atoms with Crippen LogP contribution in [0.15, 0.2) is 36.1 Å². The number of nitrogens with one attached hydrogen (secondary N) is 1. The van der Waals surface area contributed by atoms with Gasteiger partial charge in [0.15, 0.2) is 0 Å². The molecule has 0 aromatic carbocycles. The lowest BCUT2D eigenvalue weighted by molar-refractivity contribution is 0.278. The Morgan fingerprint density at radius 3 is 3.00 bits per heavy atom. The second kappa shape index (κ2) is 4.56. The molecule has 1 aliphatic heterocycles. The largest absolute Gasteiger partial charge is 0.388 e. The Morgan fingerprint density at radius 2 is 2.07 bits per heavy atom. The van der Waals surface area contributed by atoms with Crippen LogP contribution < -0.4 is 5.32 Å². The summed E-state index contributed by atoms with van der Waals surface area (Å²) in [5, 5.41) is 3.56. The zero-order valence-electron chi connectivity index (χ0n) is 8.86. The molecule has 1 fully saturated rings. The Kier molecular flexibility index (Phi) is 3.35. The lowest BCUT2D eigenvalue weighted by Crippen LogP contribution is -2.37. The Hall–Kier alpha value is -0.500. The van der Waals surface area contributed by atoms with E-state index >= 15 is 0 Å². The third-order valence-corrected chi connectivity index (χ3v) is 3.79. The zero-order valence-corrected chi connectivity index (χ0v) is 10.6. The Balaban J connectivity index is 0.000000853. The predicted octanol–water partition coefficient (Wildman–Crippen LogP) is 3.21. The van der Waals surface area contributed by atoms with Crippen LogP contribution in [0.25, 0.3) is 0 Å². The van der Waals surface area contributed by atoms with Crippen molar-refractivity contribution in [2.75, 3.05) is 6.54 Å². The SMILES string of the molecule is Br.C1=CC2CC=C3NCCCC3C2C=C1. The van der Waals surface area contributed by atoms with E-state index < -0.39 is 0 Å². The number of rotatable bonds is 0. The van der Waals surface area contributed by atoms with E-state index in [1.807, 2.05) is 0 Å². The molecule has 0 amide bonds. The van der Waals surface area contributed by atoms with Crippen molar-refractivity contribution in [3.05, 3.63) is 36.1 Å². The molecule has 3 unspecified atom stereocenters. The smallest absolute Gasteiger partial charge is 0.0144 e. The normalized spacial score (nSPS) is 36.8. The summed E-state index contributed by atoms with van der Waals surface area (Å²) >= 11 is 0. The van der Waals surface area contributed by atoms with Gasteiger partial charge in [-0.3, -0.25) is 0 Å². The first-order valence-electron chi connectivity index (χ1n) is 5.74. The first kappa shape index (κ1) is 11.0. The molecule has 15 heavy (non-hydrogen) atoms. The van der Waals surface area contributed by atoms with Gasteiger partial charge in [-0.2, -0.15) is 0 Å². The molecule has 3 atom stereocenters. The summed E-state index contributed by atoms with van der Waals surface area (Å²) < 4.78 is 0. The number of hydrogen-bond acceptors (Lipinski definition) is 1. The van der Waals surface area contributed by atoms with Crippen LogP contribution in [-0.4, -0.2) is 6.54 Å². The van der Waals surface area contributed by atoms with E-state index in [1.54, 1.807) is 0 Å². The van der Waals surface area contributed by atoms with Gasteiger partial charge in [-0.15, -0.1) is 17.0 Å². The van der Waals surface area contributed by atoms with E-state index in [9.17, 15) is 0 Å². The van der Waals surface area contributed by atoms with Crippen molar-refractivity contribution < 1.29 is 0 Å². The fraction of sp³-hybridized carbons (Fsp3) is 0.538. The summed E-state index contributed by atoms with van der Waals surface area (Å²) in [4.78, 5) is 0. The highest BCUT2D eigenvalue weighted by molar-refractivity contribution is 8.93. The van der Waals surface area contributed by atoms with Crippen LogP contribution >= 0.6 is 17.0 Å². The molecule has 1 N–H and O–H groups in total. The Morgan fingerprint density at radius 1 is 1.20 bits per heavy atom. The maximum absolute atomic E-state index is 3.56. The van der Waals surface area contributed by atoms with Gasteiger partial charge >= 0.3 is 0 Å². The van der Waals surface area contributed by atoms with E-state index in [0.29, 0.717) is 0 Å². The molecular weight excluding hydrogens is 250 g/mol. The molecule has 0 saturated carbocycles. The minimum absolute atomic E-state index is 0. The van der Waals surface area contributed by atoms with Gasteiger partial charge in [0.25, 0.3) is 0 Å². The molecule has 2 heteroatoms. The summed E-state index contributed by atoms with van der Waals surface area (Å²) in [6, 6.07) is 0. The van der Waals surface area contributed by atoms with Crippen molar-refractivity contribution in [2.45, 2.75) is 19.3 Å². The standard InChI is InChI=1S/C13H17N.BrH/c1-2-5-11-10(4-1)7-8-13-12(11)6-3-9-14-13;/h1-2,4-5,8,10-12,14H,3,6-7,9H2;1H. The van der Waals surface area contributed by atoms with Crippen molar-refractivity contribution in [2.24, 2.45) is 17.8 Å². The van der Waals surface area contributed by atoms with Crippen molar-refractivity contribution in [1.29, 1.82) is 0 Å². The summed E-state index contributed by atoms with van der Waals surface area (Å²) in [5.74, 6) is 2.32. The van der Waals surface area contributed by atoms with E-state index in [-0.39, 0.29) is 17.0 Å². The molecule has 0 aromatic heterocycles. The van der Waals surface area contributed by atoms with Gasteiger partial charge < -0.3 is 5.32 Å². The number of fused-ring (bicyclic) bond motifs is 3. The summed E-state index contributed by atoms with van der Waals surface area (Å²) in [6.07, 6.45) is 15.6. The maximum Gasteiger partial charge on any atom is 0.0144 e. The van der Waals surface area contributed by atoms with E-state index in [4.69, 9.17) is 0 Å². The van der Waals surface area contributed by atoms with Gasteiger partial charge in [0, 0.05) is 18.2 Å². The van der Waals surface area contributed by atoms with Crippen molar-refractivity contribution in [3.8, 4) is 0 Å². The van der Waals surface area contributed by atoms with Crippen LogP contribution in [0.2, 0.25) is 0 Å². The molecule has 0 bridgehead atoms. The highest BCUT2D eigenvalue weighted by Gasteiger charge is 2.33. The first-order chi connectivity index (χ1) is 6.95. The average Bonchev–Trinajstić information content (AvgIpc) is 2.29. The molecule has 0 radical (unpaired) electrons. The number of piperidine rings is 1. The van der Waals surface area contributed by atoms with Gasteiger partial charge in [0.1, 0.15) is 0 Å². The number of halogens is 1. The monoisotopic (exact) mass is 267 g/mol. The molecule has 3 aliphatic rings. The molecule has 3 rings (SSSR count). The maximum atomic E-state index is 3.56. The van der Waals surface area contributed by atoms with Gasteiger partial charge in [0.2, 0.25) is 0 Å². The second-order valence-corrected chi connectivity index (χ2v) is 4.58. The van der Waals surface area contributed by atoms with Gasteiger partial charge in [-0.25, -0.2) is 0 Å². The molecule has 0 spiro atoms. The summed E-state index contributed by atoms with van der Waals surface area (Å²) in [5.41, 5.74) is 1.53. The van der Waals surface area contributed by atoms with E-state index in [2.05, 4.69) is 35.7 Å². The molecule has 1 nitrogen and oxygen atoms in total. The van der Waals surface area contributed by atoms with Gasteiger partial charge in [0.05, 0.1) is 0 Å². The highest BCUT2D eigenvalue weighted by Crippen LogP contribution is 2.41. The second-order valence-electron chi connectivity index (χ2n) is 4.58.